The smallest absolute Gasteiger partial charge is 0.342 e. The quantitative estimate of drug-likeness (QED) is 0.104. The van der Waals surface area contributed by atoms with Crippen molar-refractivity contribution >= 4 is 29.8 Å². The molecule has 6 N–H and O–H groups in total. The van der Waals surface area contributed by atoms with Gasteiger partial charge in [0.25, 0.3) is 0 Å². The third-order valence-electron chi connectivity index (χ3n) is 6.82. The minimum Gasteiger partial charge on any atom is -0.508 e. The molecule has 0 saturated heterocycles. The molecule has 0 saturated carbocycles. The third-order valence-corrected chi connectivity index (χ3v) is 6.82. The zero-order valence-electron chi connectivity index (χ0n) is 27.3. The highest BCUT2D eigenvalue weighted by molar-refractivity contribution is 5.95. The fourth-order valence-corrected chi connectivity index (χ4v) is 4.78. The minimum atomic E-state index is -1.20. The second-order valence-electron chi connectivity index (χ2n) is 11.7. The number of rotatable bonds is 17. The molecule has 0 fully saturated rings. The van der Waals surface area contributed by atoms with Crippen LogP contribution in [0.25, 0.3) is 0 Å². The van der Waals surface area contributed by atoms with Crippen LogP contribution in [0.1, 0.15) is 85.7 Å². The molecule has 0 radical (unpaired) electrons. The van der Waals surface area contributed by atoms with Gasteiger partial charge in [-0.25, -0.2) is 9.59 Å². The van der Waals surface area contributed by atoms with Crippen molar-refractivity contribution < 1.29 is 73.6 Å². The molecule has 5 atom stereocenters. The SMILES string of the molecule is C[C@H](CO)CC(=O)O[C@H](C)Cc1cc(O)cc(O)c1C(=O)O[C@H](C)CC(=O)O[C@H](C)Cc1cc(O)cc(O)c1C(=O)O[C@H](C)CC(=O)O. The maximum atomic E-state index is 13.1. The Morgan fingerprint density at radius 2 is 0.979 bits per heavy atom. The van der Waals surface area contributed by atoms with E-state index in [9.17, 15) is 44.4 Å². The average Bonchev–Trinajstić information content (AvgIpc) is 2.90. The summed E-state index contributed by atoms with van der Waals surface area (Å²) < 4.78 is 21.2. The lowest BCUT2D eigenvalue weighted by Gasteiger charge is -2.20. The molecule has 0 aliphatic carbocycles. The molecule has 0 bridgehead atoms. The van der Waals surface area contributed by atoms with E-state index in [1.54, 1.807) is 13.8 Å². The van der Waals surface area contributed by atoms with Crippen molar-refractivity contribution in [3.8, 4) is 23.0 Å². The predicted octanol–water partition coefficient (Wildman–Crippen LogP) is 3.13. The van der Waals surface area contributed by atoms with Crippen LogP contribution in [-0.4, -0.2) is 91.5 Å². The number of hydrogen-bond acceptors (Lipinski definition) is 14. The molecule has 0 heterocycles. The van der Waals surface area contributed by atoms with Crippen LogP contribution in [0.4, 0.5) is 0 Å². The lowest BCUT2D eigenvalue weighted by Crippen LogP contribution is -2.25. The van der Waals surface area contributed by atoms with Gasteiger partial charge in [-0.3, -0.25) is 14.4 Å². The summed E-state index contributed by atoms with van der Waals surface area (Å²) in [6.45, 7) is 7.22. The zero-order valence-corrected chi connectivity index (χ0v) is 27.3. The second-order valence-corrected chi connectivity index (χ2v) is 11.7. The predicted molar refractivity (Wildman–Crippen MR) is 166 cm³/mol. The van der Waals surface area contributed by atoms with E-state index in [0.29, 0.717) is 0 Å². The van der Waals surface area contributed by atoms with E-state index in [4.69, 9.17) is 29.2 Å². The van der Waals surface area contributed by atoms with E-state index in [2.05, 4.69) is 0 Å². The van der Waals surface area contributed by atoms with E-state index in [0.717, 1.165) is 18.2 Å². The highest BCUT2D eigenvalue weighted by Gasteiger charge is 2.27. The lowest BCUT2D eigenvalue weighted by molar-refractivity contribution is -0.150. The van der Waals surface area contributed by atoms with Crippen molar-refractivity contribution in [1.29, 1.82) is 0 Å². The van der Waals surface area contributed by atoms with Crippen LogP contribution in [0, 0.1) is 5.92 Å². The molecule has 0 unspecified atom stereocenters. The first-order valence-corrected chi connectivity index (χ1v) is 15.1. The highest BCUT2D eigenvalue weighted by Crippen LogP contribution is 2.31. The van der Waals surface area contributed by atoms with Gasteiger partial charge in [-0.15, -0.1) is 0 Å². The number of carbonyl (C=O) groups excluding carboxylic acids is 4. The highest BCUT2D eigenvalue weighted by atomic mass is 16.6. The van der Waals surface area contributed by atoms with E-state index < -0.39 is 84.4 Å². The van der Waals surface area contributed by atoms with Crippen molar-refractivity contribution in [3.63, 3.8) is 0 Å². The number of carboxylic acids is 1. The van der Waals surface area contributed by atoms with Gasteiger partial charge in [0.15, 0.2) is 0 Å². The van der Waals surface area contributed by atoms with Gasteiger partial charge in [0.2, 0.25) is 0 Å². The largest absolute Gasteiger partial charge is 0.508 e. The van der Waals surface area contributed by atoms with Gasteiger partial charge in [0.05, 0.1) is 19.3 Å². The van der Waals surface area contributed by atoms with Crippen molar-refractivity contribution in [1.82, 2.24) is 0 Å². The number of phenols is 4. The number of aliphatic hydroxyl groups is 1. The monoisotopic (exact) mass is 678 g/mol. The first-order valence-electron chi connectivity index (χ1n) is 15.1. The number of benzene rings is 2. The molecule has 48 heavy (non-hydrogen) atoms. The second kappa shape index (κ2) is 17.8. The Balaban J connectivity index is 2.07. The van der Waals surface area contributed by atoms with Gasteiger partial charge in [-0.2, -0.15) is 0 Å². The van der Waals surface area contributed by atoms with Gasteiger partial charge in [-0.1, -0.05) is 6.92 Å². The zero-order chi connectivity index (χ0) is 36.3. The maximum absolute atomic E-state index is 13.1. The third kappa shape index (κ3) is 12.3. The summed E-state index contributed by atoms with van der Waals surface area (Å²) in [7, 11) is 0. The first-order chi connectivity index (χ1) is 22.4. The van der Waals surface area contributed by atoms with Crippen molar-refractivity contribution in [3.05, 3.63) is 46.5 Å². The van der Waals surface area contributed by atoms with Gasteiger partial charge in [0, 0.05) is 31.6 Å². The normalized spacial score (nSPS) is 14.1. The summed E-state index contributed by atoms with van der Waals surface area (Å²) >= 11 is 0. The number of esters is 4. The van der Waals surface area contributed by atoms with Crippen LogP contribution in [0.3, 0.4) is 0 Å². The van der Waals surface area contributed by atoms with Crippen molar-refractivity contribution in [2.75, 3.05) is 6.61 Å². The van der Waals surface area contributed by atoms with E-state index in [1.807, 2.05) is 0 Å². The number of aliphatic hydroxyl groups excluding tert-OH is 1. The van der Waals surface area contributed by atoms with E-state index in [1.165, 1.54) is 26.8 Å². The molecule has 0 aliphatic heterocycles. The number of hydrogen-bond donors (Lipinski definition) is 6. The fourth-order valence-electron chi connectivity index (χ4n) is 4.78. The molecule has 15 nitrogen and oxygen atoms in total. The molecule has 2 rings (SSSR count). The molecule has 0 aliphatic rings. The Bertz CT molecular complexity index is 1480. The molecule has 264 valence electrons. The molecular formula is C33H42O15. The fraction of sp³-hybridized carbons (Fsp3) is 0.485. The average molecular weight is 679 g/mol. The topological polar surface area (TPSA) is 244 Å². The van der Waals surface area contributed by atoms with Crippen LogP contribution in [0.15, 0.2) is 24.3 Å². The molecule has 15 heteroatoms. The van der Waals surface area contributed by atoms with Gasteiger partial charge >= 0.3 is 29.8 Å². The Kier molecular flexibility index (Phi) is 14.5. The standard InChI is InChI=1S/C33H42O15/c1-16(15-34)6-28(41)45-17(2)7-21-11-23(35)14-26(38)31(21)33(44)48-20(5)10-29(42)46-18(3)8-22-12-24(36)13-25(37)30(22)32(43)47-19(4)9-27(39)40/h11-14,16-20,34-38H,6-10,15H2,1-5H3,(H,39,40)/t16-,17+,18+,19+,20+/m0/s1. The minimum absolute atomic E-state index is 0.0366. The van der Waals surface area contributed by atoms with Gasteiger partial charge in [0.1, 0.15) is 58.5 Å². The Morgan fingerprint density at radius 3 is 1.38 bits per heavy atom. The summed E-state index contributed by atoms with van der Waals surface area (Å²) in [6.07, 6.45) is -5.02. The first kappa shape index (κ1) is 39.1. The van der Waals surface area contributed by atoms with Crippen LogP contribution in [0.5, 0.6) is 23.0 Å². The van der Waals surface area contributed by atoms with Gasteiger partial charge in [-0.05, 0) is 56.9 Å². The molecule has 2 aromatic carbocycles. The molecular weight excluding hydrogens is 636 g/mol. The molecule has 2 aromatic rings. The Morgan fingerprint density at radius 1 is 0.583 bits per heavy atom. The molecule has 0 amide bonds. The number of carbonyl (C=O) groups is 5. The summed E-state index contributed by atoms with van der Waals surface area (Å²) in [5, 5.41) is 58.8. The summed E-state index contributed by atoms with van der Waals surface area (Å²) in [6, 6.07) is 4.19. The number of carboxylic acid groups (broad SMARTS) is 1. The molecule has 0 aromatic heterocycles. The summed E-state index contributed by atoms with van der Waals surface area (Å²) in [5.41, 5.74) is -0.493. The number of ether oxygens (including phenoxy) is 4. The van der Waals surface area contributed by atoms with Crippen molar-refractivity contribution in [2.24, 2.45) is 5.92 Å². The lowest BCUT2D eigenvalue weighted by atomic mass is 10.00. The summed E-state index contributed by atoms with van der Waals surface area (Å²) in [4.78, 5) is 61.5. The van der Waals surface area contributed by atoms with Crippen LogP contribution in [0.2, 0.25) is 0 Å². The van der Waals surface area contributed by atoms with E-state index >= 15 is 0 Å². The maximum Gasteiger partial charge on any atom is 0.342 e. The van der Waals surface area contributed by atoms with Gasteiger partial charge < -0.3 is 49.6 Å². The number of aliphatic carboxylic acids is 1. The van der Waals surface area contributed by atoms with E-state index in [-0.39, 0.29) is 59.8 Å². The number of phenolic OH excluding ortho intramolecular Hbond substituents is 4. The Hall–Kier alpha value is -5.05. The Labute approximate surface area is 276 Å². The van der Waals surface area contributed by atoms with Crippen LogP contribution >= 0.6 is 0 Å². The van der Waals surface area contributed by atoms with Crippen LogP contribution < -0.4 is 0 Å². The summed E-state index contributed by atoms with van der Waals surface area (Å²) in [5.74, 6) is -6.98. The van der Waals surface area contributed by atoms with Crippen molar-refractivity contribution in [2.45, 2.75) is 91.1 Å². The molecule has 0 spiro atoms. The van der Waals surface area contributed by atoms with Crippen LogP contribution in [-0.2, 0) is 46.2 Å². The number of aromatic hydroxyl groups is 4.